The Balaban J connectivity index is 1.65. The molecule has 2 aliphatic rings. The highest BCUT2D eigenvalue weighted by atomic mass is 16.7. The Morgan fingerprint density at radius 2 is 1.73 bits per heavy atom. The van der Waals surface area contributed by atoms with Gasteiger partial charge in [-0.3, -0.25) is 19.1 Å². The van der Waals surface area contributed by atoms with Crippen LogP contribution >= 0.6 is 0 Å². The molecule has 1 aromatic carbocycles. The number of ether oxygens (including phenoxy) is 2. The second-order valence-corrected chi connectivity index (χ2v) is 11.3. The molecule has 1 fully saturated rings. The summed E-state index contributed by atoms with van der Waals surface area (Å²) in [7, 11) is 0. The first-order chi connectivity index (χ1) is 17.2. The van der Waals surface area contributed by atoms with Crippen molar-refractivity contribution in [3.05, 3.63) is 53.3 Å². The van der Waals surface area contributed by atoms with E-state index in [1.54, 1.807) is 47.7 Å². The minimum Gasteiger partial charge on any atom is -0.459 e. The third kappa shape index (κ3) is 5.94. The SMILES string of the molecule is CC(C)(C)OC(=O)Cn1cc2c(n1)[C@@H](C(N)C(=O)OC(C)(C)C)N1C[C@H]2N(OCc2ccccc2)C1=O. The third-order valence-electron chi connectivity index (χ3n) is 5.83. The number of nitrogens with two attached hydrogens (primary N) is 1. The molecule has 2 aromatic rings. The smallest absolute Gasteiger partial charge is 0.345 e. The molecule has 2 aliphatic heterocycles. The molecule has 37 heavy (non-hydrogen) atoms. The average Bonchev–Trinajstić information content (AvgIpc) is 3.31. The number of amides is 2. The van der Waals surface area contributed by atoms with Crippen LogP contribution in [0.15, 0.2) is 36.5 Å². The van der Waals surface area contributed by atoms with Crippen molar-refractivity contribution < 1.29 is 28.7 Å². The van der Waals surface area contributed by atoms with E-state index in [2.05, 4.69) is 5.10 Å². The number of benzene rings is 1. The third-order valence-corrected chi connectivity index (χ3v) is 5.83. The Morgan fingerprint density at radius 3 is 2.35 bits per heavy atom. The number of hydrogen-bond acceptors (Lipinski definition) is 8. The van der Waals surface area contributed by atoms with Crippen LogP contribution in [-0.4, -0.2) is 61.5 Å². The fraction of sp³-hybridized carbons (Fsp3) is 0.538. The molecule has 0 aliphatic carbocycles. The summed E-state index contributed by atoms with van der Waals surface area (Å²) in [6, 6.07) is 6.50. The minimum absolute atomic E-state index is 0.135. The van der Waals surface area contributed by atoms with Crippen LogP contribution < -0.4 is 5.73 Å². The highest BCUT2D eigenvalue weighted by molar-refractivity contribution is 5.82. The topological polar surface area (TPSA) is 129 Å². The van der Waals surface area contributed by atoms with Crippen molar-refractivity contribution in [2.45, 2.75) is 84.0 Å². The van der Waals surface area contributed by atoms with Crippen molar-refractivity contribution in [3.8, 4) is 0 Å². The van der Waals surface area contributed by atoms with Gasteiger partial charge in [0.2, 0.25) is 0 Å². The summed E-state index contributed by atoms with van der Waals surface area (Å²) in [4.78, 5) is 46.3. The molecule has 3 atom stereocenters. The van der Waals surface area contributed by atoms with Crippen molar-refractivity contribution in [2.24, 2.45) is 5.73 Å². The Labute approximate surface area is 216 Å². The van der Waals surface area contributed by atoms with Crippen LogP contribution in [0.1, 0.15) is 70.4 Å². The van der Waals surface area contributed by atoms with E-state index in [0.29, 0.717) is 11.3 Å². The fourth-order valence-electron chi connectivity index (χ4n) is 4.45. The summed E-state index contributed by atoms with van der Waals surface area (Å²) in [5, 5.41) is 5.88. The van der Waals surface area contributed by atoms with Crippen LogP contribution in [-0.2, 0) is 37.1 Å². The van der Waals surface area contributed by atoms with Gasteiger partial charge in [0.15, 0.2) is 0 Å². The molecule has 1 saturated heterocycles. The molecular formula is C26H35N5O6. The minimum atomic E-state index is -1.19. The molecule has 11 nitrogen and oxygen atoms in total. The van der Waals surface area contributed by atoms with Gasteiger partial charge in [-0.2, -0.15) is 10.2 Å². The first-order valence-electron chi connectivity index (χ1n) is 12.3. The number of esters is 2. The molecule has 2 N–H and O–H groups in total. The van der Waals surface area contributed by atoms with E-state index in [9.17, 15) is 14.4 Å². The average molecular weight is 514 g/mol. The maximum absolute atomic E-state index is 13.4. The lowest BCUT2D eigenvalue weighted by Crippen LogP contribution is -2.50. The van der Waals surface area contributed by atoms with Gasteiger partial charge in [-0.15, -0.1) is 0 Å². The van der Waals surface area contributed by atoms with E-state index in [1.165, 1.54) is 14.6 Å². The number of hydrogen-bond donors (Lipinski definition) is 1. The normalized spacial score (nSPS) is 20.0. The van der Waals surface area contributed by atoms with E-state index >= 15 is 0 Å². The lowest BCUT2D eigenvalue weighted by Gasteiger charge is -2.33. The highest BCUT2D eigenvalue weighted by Gasteiger charge is 2.53. The van der Waals surface area contributed by atoms with E-state index in [-0.39, 0.29) is 19.7 Å². The van der Waals surface area contributed by atoms with Gasteiger partial charge in [-0.1, -0.05) is 30.3 Å². The summed E-state index contributed by atoms with van der Waals surface area (Å²) < 4.78 is 12.4. The Hall–Kier alpha value is -3.44. The van der Waals surface area contributed by atoms with Crippen molar-refractivity contribution in [1.82, 2.24) is 19.7 Å². The molecule has 1 aromatic heterocycles. The standard InChI is InChI=1S/C26H35N5O6/c1-25(2,3)36-19(32)14-29-12-17-18-13-30(24(34)31(18)35-15-16-10-8-7-9-11-16)22(21(17)28-29)20(27)23(33)37-26(4,5)6/h7-12,18,20,22H,13-15,27H2,1-6H3/t18-,20?,22-/m1/s1. The zero-order valence-electron chi connectivity index (χ0n) is 22.1. The molecule has 200 valence electrons. The van der Waals surface area contributed by atoms with Gasteiger partial charge in [0.25, 0.3) is 0 Å². The van der Waals surface area contributed by atoms with Gasteiger partial charge in [-0.05, 0) is 47.1 Å². The van der Waals surface area contributed by atoms with Gasteiger partial charge >= 0.3 is 18.0 Å². The monoisotopic (exact) mass is 513 g/mol. The maximum Gasteiger partial charge on any atom is 0.345 e. The van der Waals surface area contributed by atoms with Crippen molar-refractivity contribution in [2.75, 3.05) is 6.54 Å². The zero-order valence-corrected chi connectivity index (χ0v) is 22.1. The van der Waals surface area contributed by atoms with Crippen LogP contribution in [0, 0.1) is 0 Å². The first-order valence-corrected chi connectivity index (χ1v) is 12.3. The second kappa shape index (κ2) is 9.79. The van der Waals surface area contributed by atoms with Gasteiger partial charge in [0, 0.05) is 11.8 Å². The quantitative estimate of drug-likeness (QED) is 0.560. The number of fused-ring (bicyclic) bond motifs is 4. The summed E-state index contributed by atoms with van der Waals surface area (Å²) in [6.45, 7) is 10.9. The molecule has 2 amide bonds. The van der Waals surface area contributed by atoms with Crippen LogP contribution in [0.3, 0.4) is 0 Å². The van der Waals surface area contributed by atoms with E-state index < -0.39 is 47.3 Å². The Morgan fingerprint density at radius 1 is 1.08 bits per heavy atom. The summed E-state index contributed by atoms with van der Waals surface area (Å²) in [5.74, 6) is -1.11. The van der Waals surface area contributed by atoms with Crippen molar-refractivity contribution in [3.63, 3.8) is 0 Å². The molecule has 11 heteroatoms. The van der Waals surface area contributed by atoms with E-state index in [4.69, 9.17) is 20.0 Å². The largest absolute Gasteiger partial charge is 0.459 e. The van der Waals surface area contributed by atoms with Crippen LogP contribution in [0.25, 0.3) is 0 Å². The zero-order chi connectivity index (χ0) is 27.1. The molecule has 0 saturated carbocycles. The Kier molecular flexibility index (Phi) is 7.04. The first kappa shape index (κ1) is 26.6. The molecule has 0 radical (unpaired) electrons. The predicted molar refractivity (Wildman–Crippen MR) is 133 cm³/mol. The fourth-order valence-corrected chi connectivity index (χ4v) is 4.45. The van der Waals surface area contributed by atoms with Crippen molar-refractivity contribution >= 4 is 18.0 Å². The van der Waals surface area contributed by atoms with Gasteiger partial charge in [-0.25, -0.2) is 4.79 Å². The number of hydroxylamine groups is 2. The number of urea groups is 1. The molecule has 4 rings (SSSR count). The molecule has 0 spiro atoms. The Bertz CT molecular complexity index is 1170. The number of aromatic nitrogens is 2. The number of carbonyl (C=O) groups is 3. The summed E-state index contributed by atoms with van der Waals surface area (Å²) >= 11 is 0. The van der Waals surface area contributed by atoms with Gasteiger partial charge in [0.1, 0.15) is 42.5 Å². The molecule has 2 bridgehead atoms. The molecule has 1 unspecified atom stereocenters. The van der Waals surface area contributed by atoms with Crippen LogP contribution in [0.5, 0.6) is 0 Å². The predicted octanol–water partition coefficient (Wildman–Crippen LogP) is 2.86. The van der Waals surface area contributed by atoms with Gasteiger partial charge < -0.3 is 20.1 Å². The van der Waals surface area contributed by atoms with Crippen molar-refractivity contribution in [1.29, 1.82) is 0 Å². The number of rotatable bonds is 7. The summed E-state index contributed by atoms with van der Waals surface area (Å²) in [6.07, 6.45) is 1.69. The second-order valence-electron chi connectivity index (χ2n) is 11.3. The highest BCUT2D eigenvalue weighted by Crippen LogP contribution is 2.44. The summed E-state index contributed by atoms with van der Waals surface area (Å²) in [5.41, 5.74) is 6.97. The van der Waals surface area contributed by atoms with Crippen LogP contribution in [0.4, 0.5) is 4.79 Å². The molecule has 3 heterocycles. The van der Waals surface area contributed by atoms with E-state index in [0.717, 1.165) is 5.56 Å². The van der Waals surface area contributed by atoms with Gasteiger partial charge in [0.05, 0.1) is 12.2 Å². The maximum atomic E-state index is 13.4. The lowest BCUT2D eigenvalue weighted by molar-refractivity contribution is -0.158. The lowest BCUT2D eigenvalue weighted by atomic mass is 9.93. The van der Waals surface area contributed by atoms with Crippen LogP contribution in [0.2, 0.25) is 0 Å². The van der Waals surface area contributed by atoms with E-state index in [1.807, 2.05) is 30.3 Å². The number of nitrogens with zero attached hydrogens (tertiary/aromatic N) is 4. The number of carbonyl (C=O) groups excluding carboxylic acids is 3. The molecular weight excluding hydrogens is 478 g/mol.